The Bertz CT molecular complexity index is 1220. The Labute approximate surface area is 166 Å². The van der Waals surface area contributed by atoms with Gasteiger partial charge in [-0.2, -0.15) is 5.10 Å². The lowest BCUT2D eigenvalue weighted by Gasteiger charge is -2.08. The Morgan fingerprint density at radius 2 is 1.83 bits per heavy atom. The van der Waals surface area contributed by atoms with Crippen LogP contribution in [0.2, 0.25) is 0 Å². The predicted octanol–water partition coefficient (Wildman–Crippen LogP) is 3.72. The third-order valence-electron chi connectivity index (χ3n) is 4.75. The molecule has 4 aromatic rings. The fraction of sp³-hybridized carbons (Fsp3) is 0.182. The number of nitrogens with zero attached hydrogens (tertiary/aromatic N) is 2. The maximum Gasteiger partial charge on any atom is 0.339 e. The number of carbonyl (C=O) groups is 1. The molecule has 29 heavy (non-hydrogen) atoms. The van der Waals surface area contributed by atoms with E-state index in [2.05, 4.69) is 27.1 Å². The highest BCUT2D eigenvalue weighted by Gasteiger charge is 2.21. The average molecular weight is 388 g/mol. The number of nitrogens with one attached hydrogen (secondary N) is 2. The fourth-order valence-corrected chi connectivity index (χ4v) is 3.23. The van der Waals surface area contributed by atoms with E-state index in [9.17, 15) is 9.59 Å². The number of hydrogen-bond donors (Lipinski definition) is 2. The summed E-state index contributed by atoms with van der Waals surface area (Å²) in [5.41, 5.74) is 4.62. The minimum Gasteiger partial charge on any atom is -0.462 e. The summed E-state index contributed by atoms with van der Waals surface area (Å²) in [6.07, 6.45) is 2.50. The standard InChI is InChI=1S/C22H20N4O3/c1-3-13-5-7-14(8-6-13)20-19-16(22(28)29-4-2)11-17(24-21(19)26-25-20)15-9-10-18(27)23-12-15/h5-12H,3-4H2,1-2H3,(H,23,27)(H,24,25,26). The van der Waals surface area contributed by atoms with Crippen LogP contribution < -0.4 is 5.56 Å². The van der Waals surface area contributed by atoms with Crippen molar-refractivity contribution < 1.29 is 9.53 Å². The minimum absolute atomic E-state index is 0.210. The van der Waals surface area contributed by atoms with E-state index in [1.807, 2.05) is 24.3 Å². The number of H-pyrrole nitrogens is 2. The molecule has 0 aliphatic heterocycles. The van der Waals surface area contributed by atoms with Gasteiger partial charge in [-0.15, -0.1) is 0 Å². The lowest BCUT2D eigenvalue weighted by Crippen LogP contribution is -2.07. The first-order valence-corrected chi connectivity index (χ1v) is 9.45. The smallest absolute Gasteiger partial charge is 0.339 e. The van der Waals surface area contributed by atoms with Gasteiger partial charge >= 0.3 is 5.97 Å². The lowest BCUT2D eigenvalue weighted by molar-refractivity contribution is 0.0528. The van der Waals surface area contributed by atoms with E-state index in [4.69, 9.17) is 4.74 Å². The summed E-state index contributed by atoms with van der Waals surface area (Å²) in [5, 5.41) is 7.96. The molecule has 0 unspecified atom stereocenters. The van der Waals surface area contributed by atoms with Crippen molar-refractivity contribution in [2.75, 3.05) is 6.61 Å². The molecule has 2 N–H and O–H groups in total. The second kappa shape index (κ2) is 7.71. The number of aromatic nitrogens is 4. The monoisotopic (exact) mass is 388 g/mol. The molecule has 146 valence electrons. The Kier molecular flexibility index (Phi) is 4.95. The number of fused-ring (bicyclic) bond motifs is 1. The van der Waals surface area contributed by atoms with E-state index in [-0.39, 0.29) is 12.2 Å². The molecule has 1 aromatic carbocycles. The second-order valence-corrected chi connectivity index (χ2v) is 6.56. The van der Waals surface area contributed by atoms with E-state index < -0.39 is 5.97 Å². The Morgan fingerprint density at radius 1 is 1.07 bits per heavy atom. The summed E-state index contributed by atoms with van der Waals surface area (Å²) in [5.74, 6) is -0.446. The average Bonchev–Trinajstić information content (AvgIpc) is 3.18. The van der Waals surface area contributed by atoms with Crippen LogP contribution in [0, 0.1) is 0 Å². The lowest BCUT2D eigenvalue weighted by atomic mass is 10.0. The SMILES string of the molecule is CCOC(=O)c1cc(-c2ccc(=O)[nH]c2)nc2n[nH]c(-c3ccc(CC)cc3)c12. The van der Waals surface area contributed by atoms with Crippen molar-refractivity contribution in [3.05, 3.63) is 70.1 Å². The first-order valence-electron chi connectivity index (χ1n) is 9.45. The first-order chi connectivity index (χ1) is 14.1. The number of hydrogen-bond acceptors (Lipinski definition) is 5. The number of aryl methyl sites for hydroxylation is 1. The zero-order valence-electron chi connectivity index (χ0n) is 16.2. The Balaban J connectivity index is 1.92. The van der Waals surface area contributed by atoms with Gasteiger partial charge in [0.2, 0.25) is 5.56 Å². The van der Waals surface area contributed by atoms with Crippen LogP contribution in [0.1, 0.15) is 29.8 Å². The van der Waals surface area contributed by atoms with Crippen LogP contribution >= 0.6 is 0 Å². The zero-order chi connectivity index (χ0) is 20.4. The topological polar surface area (TPSA) is 101 Å². The van der Waals surface area contributed by atoms with E-state index >= 15 is 0 Å². The van der Waals surface area contributed by atoms with Gasteiger partial charge in [-0.3, -0.25) is 9.89 Å². The summed E-state index contributed by atoms with van der Waals surface area (Å²) in [6, 6.07) is 12.8. The van der Waals surface area contributed by atoms with Gasteiger partial charge in [0.25, 0.3) is 0 Å². The number of pyridine rings is 2. The molecule has 0 radical (unpaired) electrons. The van der Waals surface area contributed by atoms with Crippen molar-refractivity contribution in [3.8, 4) is 22.5 Å². The van der Waals surface area contributed by atoms with Crippen LogP contribution in [0.3, 0.4) is 0 Å². The molecule has 0 aliphatic rings. The molecule has 0 bridgehead atoms. The fourth-order valence-electron chi connectivity index (χ4n) is 3.23. The Morgan fingerprint density at radius 3 is 2.48 bits per heavy atom. The van der Waals surface area contributed by atoms with Crippen molar-refractivity contribution in [1.82, 2.24) is 20.2 Å². The van der Waals surface area contributed by atoms with Gasteiger partial charge in [0.1, 0.15) is 0 Å². The number of benzene rings is 1. The number of esters is 1. The molecule has 3 heterocycles. The normalized spacial score (nSPS) is 11.0. The van der Waals surface area contributed by atoms with Gasteiger partial charge < -0.3 is 9.72 Å². The minimum atomic E-state index is -0.446. The maximum absolute atomic E-state index is 12.7. The molecule has 0 aliphatic carbocycles. The van der Waals surface area contributed by atoms with Gasteiger partial charge in [0.05, 0.1) is 28.9 Å². The highest BCUT2D eigenvalue weighted by Crippen LogP contribution is 2.31. The second-order valence-electron chi connectivity index (χ2n) is 6.56. The van der Waals surface area contributed by atoms with E-state index in [1.165, 1.54) is 11.6 Å². The molecule has 3 aromatic heterocycles. The van der Waals surface area contributed by atoms with Crippen LogP contribution in [0.5, 0.6) is 0 Å². The van der Waals surface area contributed by atoms with Gasteiger partial charge in [0.15, 0.2) is 5.65 Å². The van der Waals surface area contributed by atoms with E-state index in [0.717, 1.165) is 12.0 Å². The largest absolute Gasteiger partial charge is 0.462 e. The summed E-state index contributed by atoms with van der Waals surface area (Å²) in [7, 11) is 0. The highest BCUT2D eigenvalue weighted by atomic mass is 16.5. The van der Waals surface area contributed by atoms with Crippen LogP contribution in [-0.4, -0.2) is 32.7 Å². The molecular formula is C22H20N4O3. The van der Waals surface area contributed by atoms with E-state index in [1.54, 1.807) is 25.3 Å². The van der Waals surface area contributed by atoms with Gasteiger partial charge in [-0.1, -0.05) is 31.2 Å². The van der Waals surface area contributed by atoms with E-state index in [0.29, 0.717) is 33.5 Å². The molecule has 0 amide bonds. The van der Waals surface area contributed by atoms with Gasteiger partial charge in [-0.25, -0.2) is 9.78 Å². The van der Waals surface area contributed by atoms with Crippen molar-refractivity contribution in [1.29, 1.82) is 0 Å². The number of ether oxygens (including phenoxy) is 1. The van der Waals surface area contributed by atoms with Crippen LogP contribution in [0.4, 0.5) is 0 Å². The van der Waals surface area contributed by atoms with Gasteiger partial charge in [0, 0.05) is 23.4 Å². The molecule has 4 rings (SSSR count). The summed E-state index contributed by atoms with van der Waals surface area (Å²) >= 11 is 0. The van der Waals surface area contributed by atoms with Crippen molar-refractivity contribution in [2.45, 2.75) is 20.3 Å². The molecule has 7 heteroatoms. The Hall–Kier alpha value is -3.74. The first kappa shape index (κ1) is 18.6. The van der Waals surface area contributed by atoms with Crippen LogP contribution in [0.15, 0.2) is 53.5 Å². The zero-order valence-corrected chi connectivity index (χ0v) is 16.2. The van der Waals surface area contributed by atoms with Crippen molar-refractivity contribution in [2.24, 2.45) is 0 Å². The number of carbonyl (C=O) groups excluding carboxylic acids is 1. The molecule has 7 nitrogen and oxygen atoms in total. The van der Waals surface area contributed by atoms with Crippen LogP contribution in [0.25, 0.3) is 33.5 Å². The predicted molar refractivity (Wildman–Crippen MR) is 111 cm³/mol. The third-order valence-corrected chi connectivity index (χ3v) is 4.75. The molecule has 0 saturated heterocycles. The van der Waals surface area contributed by atoms with Gasteiger partial charge in [-0.05, 0) is 31.0 Å². The third kappa shape index (κ3) is 3.54. The molecular weight excluding hydrogens is 368 g/mol. The quantitative estimate of drug-likeness (QED) is 0.508. The van der Waals surface area contributed by atoms with Crippen molar-refractivity contribution >= 4 is 17.0 Å². The van der Waals surface area contributed by atoms with Crippen molar-refractivity contribution in [3.63, 3.8) is 0 Å². The molecule has 0 spiro atoms. The summed E-state index contributed by atoms with van der Waals surface area (Å²) in [4.78, 5) is 31.3. The highest BCUT2D eigenvalue weighted by molar-refractivity contribution is 6.08. The summed E-state index contributed by atoms with van der Waals surface area (Å²) in [6.45, 7) is 4.12. The molecule has 0 saturated carbocycles. The molecule has 0 atom stereocenters. The number of rotatable bonds is 5. The van der Waals surface area contributed by atoms with Crippen LogP contribution in [-0.2, 0) is 11.2 Å². The maximum atomic E-state index is 12.7. The molecule has 0 fully saturated rings. The summed E-state index contributed by atoms with van der Waals surface area (Å²) < 4.78 is 5.28. The number of aromatic amines is 2.